The zero-order valence-electron chi connectivity index (χ0n) is 12.4. The lowest BCUT2D eigenvalue weighted by Crippen LogP contribution is -2.20. The van der Waals surface area contributed by atoms with Gasteiger partial charge < -0.3 is 9.72 Å². The van der Waals surface area contributed by atoms with Gasteiger partial charge in [0.2, 0.25) is 0 Å². The third kappa shape index (κ3) is 3.14. The molecule has 0 bridgehead atoms. The maximum absolute atomic E-state index is 12.2. The molecule has 1 aromatic heterocycles. The van der Waals surface area contributed by atoms with Crippen LogP contribution in [0.3, 0.4) is 0 Å². The van der Waals surface area contributed by atoms with E-state index in [0.29, 0.717) is 10.6 Å². The Morgan fingerprint density at radius 2 is 2.14 bits per heavy atom. The Morgan fingerprint density at radius 3 is 2.90 bits per heavy atom. The number of para-hydroxylation sites is 1. The summed E-state index contributed by atoms with van der Waals surface area (Å²) < 4.78 is 5.39. The fraction of sp³-hybridized carbons (Fsp3) is 0.500. The van der Waals surface area contributed by atoms with E-state index in [1.165, 1.54) is 0 Å². The van der Waals surface area contributed by atoms with E-state index in [4.69, 9.17) is 9.72 Å². The fourth-order valence-corrected chi connectivity index (χ4v) is 3.96. The zero-order valence-corrected chi connectivity index (χ0v) is 13.2. The number of aryl methyl sites for hydroxylation is 1. The van der Waals surface area contributed by atoms with Crippen molar-refractivity contribution >= 4 is 22.7 Å². The van der Waals surface area contributed by atoms with Crippen molar-refractivity contribution in [2.75, 3.05) is 13.2 Å². The second-order valence-electron chi connectivity index (χ2n) is 5.51. The molecule has 0 amide bonds. The second-order valence-corrected chi connectivity index (χ2v) is 7.16. The molecule has 21 heavy (non-hydrogen) atoms. The molecule has 2 aromatic rings. The summed E-state index contributed by atoms with van der Waals surface area (Å²) in [5.74, 6) is 0.776. The van der Waals surface area contributed by atoms with E-state index in [9.17, 15) is 4.79 Å². The van der Waals surface area contributed by atoms with E-state index < -0.39 is 0 Å². The van der Waals surface area contributed by atoms with Crippen molar-refractivity contribution in [2.24, 2.45) is 0 Å². The molecule has 3 rings (SSSR count). The largest absolute Gasteiger partial charge is 0.381 e. The van der Waals surface area contributed by atoms with E-state index >= 15 is 0 Å². The average molecular weight is 304 g/mol. The smallest absolute Gasteiger partial charge is 0.258 e. The Hall–Kier alpha value is -1.33. The molecule has 1 saturated heterocycles. The SMILES string of the molecule is Cc1cccc2c(=O)[nH]c(C(C)SC3CCOCC3)nc12. The van der Waals surface area contributed by atoms with Gasteiger partial charge in [-0.15, -0.1) is 11.8 Å². The van der Waals surface area contributed by atoms with Gasteiger partial charge in [0.15, 0.2) is 0 Å². The molecule has 112 valence electrons. The van der Waals surface area contributed by atoms with Crippen molar-refractivity contribution in [3.63, 3.8) is 0 Å². The number of nitrogens with one attached hydrogen (secondary N) is 1. The molecule has 1 aliphatic rings. The maximum atomic E-state index is 12.2. The van der Waals surface area contributed by atoms with Gasteiger partial charge in [-0.25, -0.2) is 4.98 Å². The van der Waals surface area contributed by atoms with Crippen molar-refractivity contribution in [3.8, 4) is 0 Å². The molecule has 0 aliphatic carbocycles. The summed E-state index contributed by atoms with van der Waals surface area (Å²) in [7, 11) is 0. The number of benzene rings is 1. The standard InChI is InChI=1S/C16H20N2O2S/c1-10-4-3-5-13-14(10)17-15(18-16(13)19)11(2)21-12-6-8-20-9-7-12/h3-5,11-12H,6-9H2,1-2H3,(H,17,18,19). The number of nitrogens with zero attached hydrogens (tertiary/aromatic N) is 1. The van der Waals surface area contributed by atoms with Crippen LogP contribution < -0.4 is 5.56 Å². The number of aromatic nitrogens is 2. The average Bonchev–Trinajstić information content (AvgIpc) is 2.49. The zero-order chi connectivity index (χ0) is 14.8. The Morgan fingerprint density at radius 1 is 1.38 bits per heavy atom. The molecule has 1 aliphatic heterocycles. The third-order valence-corrected chi connectivity index (χ3v) is 5.39. The summed E-state index contributed by atoms with van der Waals surface area (Å²) in [5.41, 5.74) is 1.82. The number of rotatable bonds is 3. The summed E-state index contributed by atoms with van der Waals surface area (Å²) in [6.45, 7) is 5.79. The number of H-pyrrole nitrogens is 1. The molecular weight excluding hydrogens is 284 g/mol. The third-order valence-electron chi connectivity index (χ3n) is 3.91. The Labute approximate surface area is 128 Å². The first-order valence-corrected chi connectivity index (χ1v) is 8.32. The van der Waals surface area contributed by atoms with Crippen LogP contribution in [0.5, 0.6) is 0 Å². The normalized spacial score (nSPS) is 18.0. The van der Waals surface area contributed by atoms with Gasteiger partial charge in [0, 0.05) is 18.5 Å². The van der Waals surface area contributed by atoms with Gasteiger partial charge in [0.05, 0.1) is 16.2 Å². The van der Waals surface area contributed by atoms with Crippen LogP contribution >= 0.6 is 11.8 Å². The quantitative estimate of drug-likeness (QED) is 0.946. The predicted molar refractivity (Wildman–Crippen MR) is 86.9 cm³/mol. The molecule has 0 saturated carbocycles. The van der Waals surface area contributed by atoms with Gasteiger partial charge in [-0.3, -0.25) is 4.79 Å². The topological polar surface area (TPSA) is 55.0 Å². The van der Waals surface area contributed by atoms with Crippen molar-refractivity contribution < 1.29 is 4.74 Å². The maximum Gasteiger partial charge on any atom is 0.258 e. The van der Waals surface area contributed by atoms with E-state index in [1.807, 2.05) is 36.9 Å². The number of hydrogen-bond acceptors (Lipinski definition) is 4. The molecule has 1 atom stereocenters. The molecule has 5 heteroatoms. The number of thioether (sulfide) groups is 1. The predicted octanol–water partition coefficient (Wildman–Crippen LogP) is 3.20. The summed E-state index contributed by atoms with van der Waals surface area (Å²) in [6.07, 6.45) is 2.15. The van der Waals surface area contributed by atoms with Crippen molar-refractivity contribution in [1.29, 1.82) is 0 Å². The monoisotopic (exact) mass is 304 g/mol. The van der Waals surface area contributed by atoms with Gasteiger partial charge in [-0.2, -0.15) is 0 Å². The lowest BCUT2D eigenvalue weighted by atomic mass is 10.1. The van der Waals surface area contributed by atoms with Crippen LogP contribution in [0.15, 0.2) is 23.0 Å². The van der Waals surface area contributed by atoms with Crippen molar-refractivity contribution in [2.45, 2.75) is 37.2 Å². The number of aromatic amines is 1. The molecule has 1 fully saturated rings. The highest BCUT2D eigenvalue weighted by atomic mass is 32.2. The van der Waals surface area contributed by atoms with Crippen LogP contribution in [0, 0.1) is 6.92 Å². The first-order valence-electron chi connectivity index (χ1n) is 7.38. The Bertz CT molecular complexity index is 692. The summed E-state index contributed by atoms with van der Waals surface area (Å²) in [5, 5.41) is 1.44. The first kappa shape index (κ1) is 14.6. The van der Waals surface area contributed by atoms with Gasteiger partial charge in [0.1, 0.15) is 5.82 Å². The molecule has 0 radical (unpaired) electrons. The molecule has 1 aromatic carbocycles. The lowest BCUT2D eigenvalue weighted by molar-refractivity contribution is 0.0999. The second kappa shape index (κ2) is 6.20. The fourth-order valence-electron chi connectivity index (χ4n) is 2.68. The van der Waals surface area contributed by atoms with Crippen LogP contribution in [0.25, 0.3) is 10.9 Å². The number of hydrogen-bond donors (Lipinski definition) is 1. The van der Waals surface area contributed by atoms with Crippen LogP contribution in [0.2, 0.25) is 0 Å². The minimum atomic E-state index is -0.0434. The minimum absolute atomic E-state index is 0.0434. The molecule has 4 nitrogen and oxygen atoms in total. The van der Waals surface area contributed by atoms with E-state index in [2.05, 4.69) is 11.9 Å². The van der Waals surface area contributed by atoms with Crippen LogP contribution in [0.4, 0.5) is 0 Å². The number of fused-ring (bicyclic) bond motifs is 1. The van der Waals surface area contributed by atoms with Gasteiger partial charge in [-0.1, -0.05) is 12.1 Å². The highest BCUT2D eigenvalue weighted by Gasteiger charge is 2.20. The summed E-state index contributed by atoms with van der Waals surface area (Å²) in [4.78, 5) is 19.9. The summed E-state index contributed by atoms with van der Waals surface area (Å²) in [6, 6.07) is 5.72. The molecular formula is C16H20N2O2S. The molecule has 1 unspecified atom stereocenters. The highest BCUT2D eigenvalue weighted by Crippen LogP contribution is 2.34. The van der Waals surface area contributed by atoms with Crippen LogP contribution in [-0.4, -0.2) is 28.4 Å². The van der Waals surface area contributed by atoms with Gasteiger partial charge in [0.25, 0.3) is 5.56 Å². The number of ether oxygens (including phenoxy) is 1. The first-order chi connectivity index (χ1) is 10.1. The lowest BCUT2D eigenvalue weighted by Gasteiger charge is -2.24. The highest BCUT2D eigenvalue weighted by molar-refractivity contribution is 8.00. The van der Waals surface area contributed by atoms with Crippen molar-refractivity contribution in [3.05, 3.63) is 39.9 Å². The van der Waals surface area contributed by atoms with Crippen LogP contribution in [0.1, 0.15) is 36.4 Å². The van der Waals surface area contributed by atoms with Crippen LogP contribution in [-0.2, 0) is 4.74 Å². The van der Waals surface area contributed by atoms with Crippen molar-refractivity contribution in [1.82, 2.24) is 9.97 Å². The molecule has 0 spiro atoms. The van der Waals surface area contributed by atoms with E-state index in [0.717, 1.165) is 43.0 Å². The van der Waals surface area contributed by atoms with Gasteiger partial charge in [-0.05, 0) is 38.3 Å². The van der Waals surface area contributed by atoms with E-state index in [-0.39, 0.29) is 10.8 Å². The summed E-state index contributed by atoms with van der Waals surface area (Å²) >= 11 is 1.88. The minimum Gasteiger partial charge on any atom is -0.381 e. The van der Waals surface area contributed by atoms with E-state index in [1.54, 1.807) is 0 Å². The Kier molecular flexibility index (Phi) is 4.31. The molecule has 1 N–H and O–H groups in total. The molecule has 2 heterocycles. The Balaban J connectivity index is 1.89. The van der Waals surface area contributed by atoms with Gasteiger partial charge >= 0.3 is 0 Å².